The van der Waals surface area contributed by atoms with Crippen LogP contribution in [0.4, 0.5) is 4.79 Å². The molecule has 3 unspecified atom stereocenters. The van der Waals surface area contributed by atoms with Gasteiger partial charge in [0.15, 0.2) is 0 Å². The summed E-state index contributed by atoms with van der Waals surface area (Å²) in [6.45, 7) is 6.92. The summed E-state index contributed by atoms with van der Waals surface area (Å²) in [5.41, 5.74) is 4.48. The predicted molar refractivity (Wildman–Crippen MR) is 121 cm³/mol. The first-order valence-corrected chi connectivity index (χ1v) is 10.8. The Kier molecular flexibility index (Phi) is 7.18. The van der Waals surface area contributed by atoms with Crippen LogP contribution in [0.1, 0.15) is 44.7 Å². The lowest BCUT2D eigenvalue weighted by atomic mass is 9.89. The Hall–Kier alpha value is -3.35. The summed E-state index contributed by atoms with van der Waals surface area (Å²) >= 11 is 0. The number of carbonyl (C=O) groups is 3. The lowest BCUT2D eigenvalue weighted by Crippen LogP contribution is -2.51. The number of fused-ring (bicyclic) bond motifs is 3. The van der Waals surface area contributed by atoms with E-state index in [-0.39, 0.29) is 18.4 Å². The van der Waals surface area contributed by atoms with Crippen molar-refractivity contribution < 1.29 is 24.2 Å². The van der Waals surface area contributed by atoms with Crippen LogP contribution in [-0.4, -0.2) is 41.8 Å². The van der Waals surface area contributed by atoms with E-state index in [1.165, 1.54) is 6.92 Å². The molecule has 0 fully saturated rings. The van der Waals surface area contributed by atoms with Crippen LogP contribution in [0.25, 0.3) is 11.1 Å². The number of amides is 2. The molecule has 0 radical (unpaired) electrons. The van der Waals surface area contributed by atoms with E-state index in [9.17, 15) is 19.5 Å². The van der Waals surface area contributed by atoms with Gasteiger partial charge >= 0.3 is 12.1 Å². The zero-order valence-electron chi connectivity index (χ0n) is 18.8. The molecule has 2 aromatic carbocycles. The Bertz CT molecular complexity index is 958. The van der Waals surface area contributed by atoms with Gasteiger partial charge in [0.05, 0.1) is 5.92 Å². The second-order valence-corrected chi connectivity index (χ2v) is 8.60. The van der Waals surface area contributed by atoms with Gasteiger partial charge in [0.2, 0.25) is 5.91 Å². The topological polar surface area (TPSA) is 105 Å². The molecule has 0 spiro atoms. The van der Waals surface area contributed by atoms with Crippen molar-refractivity contribution in [1.82, 2.24) is 10.6 Å². The first kappa shape index (κ1) is 23.3. The van der Waals surface area contributed by atoms with Gasteiger partial charge in [-0.2, -0.15) is 0 Å². The summed E-state index contributed by atoms with van der Waals surface area (Å²) in [6.07, 6.45) is -0.694. The summed E-state index contributed by atoms with van der Waals surface area (Å²) in [5.74, 6) is -2.36. The third kappa shape index (κ3) is 4.93. The van der Waals surface area contributed by atoms with Crippen molar-refractivity contribution in [2.45, 2.75) is 45.7 Å². The fourth-order valence-electron chi connectivity index (χ4n) is 4.40. The molecule has 1 aliphatic rings. The minimum atomic E-state index is -0.968. The number of benzene rings is 2. The highest BCUT2D eigenvalue weighted by atomic mass is 16.5. The summed E-state index contributed by atoms with van der Waals surface area (Å²) in [7, 11) is 0. The maximum Gasteiger partial charge on any atom is 0.407 e. The van der Waals surface area contributed by atoms with Gasteiger partial charge in [0, 0.05) is 12.0 Å². The molecule has 7 heteroatoms. The lowest BCUT2D eigenvalue weighted by molar-refractivity contribution is -0.144. The number of aliphatic carboxylic acids is 1. The van der Waals surface area contributed by atoms with Crippen molar-refractivity contribution in [3.8, 4) is 11.1 Å². The maximum atomic E-state index is 12.5. The third-order valence-electron chi connectivity index (χ3n) is 5.98. The molecule has 32 heavy (non-hydrogen) atoms. The molecule has 7 nitrogen and oxygen atoms in total. The van der Waals surface area contributed by atoms with Gasteiger partial charge in [-0.05, 0) is 42.0 Å². The largest absolute Gasteiger partial charge is 0.481 e. The molecular weight excluding hydrogens is 408 g/mol. The van der Waals surface area contributed by atoms with Crippen LogP contribution in [-0.2, 0) is 14.3 Å². The SMILES string of the molecule is CC(NC(=O)OCC1c2ccccc2-c2ccccc21)C(=O)NC(C)C(C(=O)O)C(C)C. The number of carboxylic acids is 1. The fourth-order valence-corrected chi connectivity index (χ4v) is 4.40. The van der Waals surface area contributed by atoms with E-state index < -0.39 is 36.0 Å². The monoisotopic (exact) mass is 438 g/mol. The summed E-state index contributed by atoms with van der Waals surface area (Å²) < 4.78 is 5.47. The zero-order valence-corrected chi connectivity index (χ0v) is 18.8. The minimum absolute atomic E-state index is 0.0697. The van der Waals surface area contributed by atoms with Gasteiger partial charge in [-0.15, -0.1) is 0 Å². The van der Waals surface area contributed by atoms with Crippen molar-refractivity contribution in [2.24, 2.45) is 11.8 Å². The van der Waals surface area contributed by atoms with Gasteiger partial charge in [0.1, 0.15) is 12.6 Å². The van der Waals surface area contributed by atoms with Crippen LogP contribution >= 0.6 is 0 Å². The number of hydrogen-bond donors (Lipinski definition) is 3. The first-order valence-electron chi connectivity index (χ1n) is 10.8. The number of ether oxygens (including phenoxy) is 1. The van der Waals surface area contributed by atoms with E-state index >= 15 is 0 Å². The van der Waals surface area contributed by atoms with Gasteiger partial charge in [-0.1, -0.05) is 62.4 Å². The van der Waals surface area contributed by atoms with Crippen LogP contribution in [0.15, 0.2) is 48.5 Å². The number of carboxylic acid groups (broad SMARTS) is 1. The second-order valence-electron chi connectivity index (χ2n) is 8.60. The van der Waals surface area contributed by atoms with E-state index in [4.69, 9.17) is 4.74 Å². The van der Waals surface area contributed by atoms with Crippen molar-refractivity contribution in [3.05, 3.63) is 59.7 Å². The molecule has 170 valence electrons. The van der Waals surface area contributed by atoms with E-state index in [1.807, 2.05) is 36.4 Å². The quantitative estimate of drug-likeness (QED) is 0.582. The van der Waals surface area contributed by atoms with Crippen molar-refractivity contribution in [2.75, 3.05) is 6.61 Å². The van der Waals surface area contributed by atoms with Gasteiger partial charge < -0.3 is 20.5 Å². The highest BCUT2D eigenvalue weighted by Crippen LogP contribution is 2.44. The number of rotatable bonds is 8. The van der Waals surface area contributed by atoms with Crippen LogP contribution in [0.3, 0.4) is 0 Å². The first-order chi connectivity index (χ1) is 15.2. The van der Waals surface area contributed by atoms with Crippen LogP contribution in [0.2, 0.25) is 0 Å². The molecule has 0 saturated heterocycles. The Morgan fingerprint density at radius 2 is 1.44 bits per heavy atom. The Morgan fingerprint density at radius 1 is 0.906 bits per heavy atom. The summed E-state index contributed by atoms with van der Waals surface area (Å²) in [6, 6.07) is 14.6. The van der Waals surface area contributed by atoms with E-state index in [0.29, 0.717) is 0 Å². The van der Waals surface area contributed by atoms with Crippen LogP contribution in [0.5, 0.6) is 0 Å². The van der Waals surface area contributed by atoms with Crippen molar-refractivity contribution >= 4 is 18.0 Å². The number of carbonyl (C=O) groups excluding carboxylic acids is 2. The zero-order chi connectivity index (χ0) is 23.4. The average Bonchev–Trinajstić information content (AvgIpc) is 3.05. The van der Waals surface area contributed by atoms with Crippen molar-refractivity contribution in [1.29, 1.82) is 0 Å². The van der Waals surface area contributed by atoms with Crippen LogP contribution < -0.4 is 10.6 Å². The molecule has 0 aromatic heterocycles. The maximum absolute atomic E-state index is 12.5. The number of alkyl carbamates (subject to hydrolysis) is 1. The Morgan fingerprint density at radius 3 is 1.94 bits per heavy atom. The average molecular weight is 439 g/mol. The molecule has 0 saturated carbocycles. The molecule has 3 N–H and O–H groups in total. The molecule has 0 bridgehead atoms. The molecule has 2 aromatic rings. The van der Waals surface area contributed by atoms with Gasteiger partial charge in [-0.3, -0.25) is 9.59 Å². The smallest absolute Gasteiger partial charge is 0.407 e. The highest BCUT2D eigenvalue weighted by molar-refractivity contribution is 5.86. The van der Waals surface area contributed by atoms with Gasteiger partial charge in [-0.25, -0.2) is 4.79 Å². The normalized spacial score (nSPS) is 15.3. The lowest BCUT2D eigenvalue weighted by Gasteiger charge is -2.26. The Balaban J connectivity index is 1.57. The molecule has 0 aliphatic heterocycles. The molecular formula is C25H30N2O5. The van der Waals surface area contributed by atoms with E-state index in [0.717, 1.165) is 22.3 Å². The molecule has 3 atom stereocenters. The molecule has 2 amide bonds. The predicted octanol–water partition coefficient (Wildman–Crippen LogP) is 3.78. The van der Waals surface area contributed by atoms with Gasteiger partial charge in [0.25, 0.3) is 0 Å². The fraction of sp³-hybridized carbons (Fsp3) is 0.400. The molecule has 3 rings (SSSR count). The van der Waals surface area contributed by atoms with E-state index in [2.05, 4.69) is 22.8 Å². The number of hydrogen-bond acceptors (Lipinski definition) is 4. The third-order valence-corrected chi connectivity index (χ3v) is 5.98. The minimum Gasteiger partial charge on any atom is -0.481 e. The molecule has 1 aliphatic carbocycles. The Labute approximate surface area is 188 Å². The van der Waals surface area contributed by atoms with Crippen LogP contribution in [0, 0.1) is 11.8 Å². The highest BCUT2D eigenvalue weighted by Gasteiger charge is 2.31. The standard InChI is InChI=1S/C25H30N2O5/c1-14(2)22(24(29)30)15(3)26-23(28)16(4)27-25(31)32-13-21-19-11-7-5-9-17(19)18-10-6-8-12-20(18)21/h5-12,14-16,21-22H,13H2,1-4H3,(H,26,28)(H,27,31)(H,29,30). The second kappa shape index (κ2) is 9.85. The summed E-state index contributed by atoms with van der Waals surface area (Å²) in [5, 5.41) is 14.6. The number of nitrogens with one attached hydrogen (secondary N) is 2. The van der Waals surface area contributed by atoms with Crippen molar-refractivity contribution in [3.63, 3.8) is 0 Å². The summed E-state index contributed by atoms with van der Waals surface area (Å²) in [4.78, 5) is 36.3. The molecule has 0 heterocycles. The van der Waals surface area contributed by atoms with E-state index in [1.54, 1.807) is 20.8 Å².